The van der Waals surface area contributed by atoms with Gasteiger partial charge in [-0.3, -0.25) is 0 Å². The van der Waals surface area contributed by atoms with Crippen LogP contribution in [0.15, 0.2) is 46.9 Å². The van der Waals surface area contributed by atoms with Crippen LogP contribution in [0.25, 0.3) is 0 Å². The first-order chi connectivity index (χ1) is 8.56. The number of nitrogens with one attached hydrogen (secondary N) is 1. The van der Waals surface area contributed by atoms with E-state index in [-0.39, 0.29) is 6.04 Å². The van der Waals surface area contributed by atoms with Crippen molar-refractivity contribution < 1.29 is 0 Å². The van der Waals surface area contributed by atoms with Gasteiger partial charge >= 0.3 is 0 Å². The summed E-state index contributed by atoms with van der Waals surface area (Å²) in [5, 5.41) is 3.44. The van der Waals surface area contributed by atoms with Crippen LogP contribution < -0.4 is 11.1 Å². The van der Waals surface area contributed by atoms with Crippen molar-refractivity contribution in [2.45, 2.75) is 19.9 Å². The maximum absolute atomic E-state index is 6.01. The standard InChI is InChI=1S/C15H17BrN2/c1-10-6-7-15(14(17)8-10)18-11(2)12-4-3-5-13(16)9-12/h3-9,11,18H,17H2,1-2H3. The molecule has 0 saturated heterocycles. The van der Waals surface area contributed by atoms with Crippen LogP contribution in [-0.4, -0.2) is 0 Å². The Balaban J connectivity index is 2.18. The van der Waals surface area contributed by atoms with Gasteiger partial charge in [-0.2, -0.15) is 0 Å². The van der Waals surface area contributed by atoms with Crippen molar-refractivity contribution in [3.8, 4) is 0 Å². The lowest BCUT2D eigenvalue weighted by Crippen LogP contribution is -2.08. The minimum absolute atomic E-state index is 0.215. The fourth-order valence-electron chi connectivity index (χ4n) is 1.91. The number of hydrogen-bond donors (Lipinski definition) is 2. The molecular weight excluding hydrogens is 288 g/mol. The van der Waals surface area contributed by atoms with Gasteiger partial charge in [-0.1, -0.05) is 34.1 Å². The van der Waals surface area contributed by atoms with Crippen molar-refractivity contribution in [3.05, 3.63) is 58.1 Å². The Hall–Kier alpha value is -1.48. The number of aryl methyl sites for hydroxylation is 1. The van der Waals surface area contributed by atoms with E-state index in [0.717, 1.165) is 15.8 Å². The zero-order valence-corrected chi connectivity index (χ0v) is 12.2. The molecule has 2 aromatic carbocycles. The van der Waals surface area contributed by atoms with E-state index in [1.807, 2.05) is 31.2 Å². The molecule has 3 N–H and O–H groups in total. The summed E-state index contributed by atoms with van der Waals surface area (Å²) in [6, 6.07) is 14.6. The van der Waals surface area contributed by atoms with Crippen molar-refractivity contribution in [2.75, 3.05) is 11.1 Å². The molecule has 1 atom stereocenters. The van der Waals surface area contributed by atoms with Gasteiger partial charge in [0.25, 0.3) is 0 Å². The van der Waals surface area contributed by atoms with Crippen molar-refractivity contribution in [2.24, 2.45) is 0 Å². The monoisotopic (exact) mass is 304 g/mol. The third-order valence-corrected chi connectivity index (χ3v) is 3.42. The Bertz CT molecular complexity index is 552. The number of halogens is 1. The Labute approximate surface area is 116 Å². The number of hydrogen-bond acceptors (Lipinski definition) is 2. The SMILES string of the molecule is Cc1ccc(NC(C)c2cccc(Br)c2)c(N)c1. The van der Waals surface area contributed by atoms with E-state index >= 15 is 0 Å². The van der Waals surface area contributed by atoms with E-state index in [9.17, 15) is 0 Å². The van der Waals surface area contributed by atoms with E-state index in [1.165, 1.54) is 11.1 Å². The molecule has 0 aliphatic carbocycles. The van der Waals surface area contributed by atoms with Crippen molar-refractivity contribution in [1.29, 1.82) is 0 Å². The van der Waals surface area contributed by atoms with Crippen LogP contribution >= 0.6 is 15.9 Å². The van der Waals surface area contributed by atoms with E-state index < -0.39 is 0 Å². The van der Waals surface area contributed by atoms with Crippen molar-refractivity contribution in [3.63, 3.8) is 0 Å². The molecule has 0 radical (unpaired) electrons. The summed E-state index contributed by atoms with van der Waals surface area (Å²) in [7, 11) is 0. The largest absolute Gasteiger partial charge is 0.397 e. The lowest BCUT2D eigenvalue weighted by Gasteiger charge is -2.17. The number of nitrogen functional groups attached to an aromatic ring is 1. The number of benzene rings is 2. The molecule has 0 amide bonds. The lowest BCUT2D eigenvalue weighted by atomic mass is 10.1. The van der Waals surface area contributed by atoms with Crippen molar-refractivity contribution in [1.82, 2.24) is 0 Å². The Morgan fingerprint density at radius 1 is 1.17 bits per heavy atom. The van der Waals surface area contributed by atoms with Crippen LogP contribution in [0.2, 0.25) is 0 Å². The van der Waals surface area contributed by atoms with Gasteiger partial charge in [0.2, 0.25) is 0 Å². The molecule has 94 valence electrons. The minimum Gasteiger partial charge on any atom is -0.397 e. The minimum atomic E-state index is 0.215. The highest BCUT2D eigenvalue weighted by Gasteiger charge is 2.07. The second-order valence-electron chi connectivity index (χ2n) is 4.51. The van der Waals surface area contributed by atoms with E-state index in [0.29, 0.717) is 0 Å². The Morgan fingerprint density at radius 2 is 1.94 bits per heavy atom. The van der Waals surface area contributed by atoms with Crippen LogP contribution in [0.3, 0.4) is 0 Å². The summed E-state index contributed by atoms with van der Waals surface area (Å²) in [6.45, 7) is 4.17. The smallest absolute Gasteiger partial charge is 0.0578 e. The molecular formula is C15H17BrN2. The quantitative estimate of drug-likeness (QED) is 0.819. The van der Waals surface area contributed by atoms with Gasteiger partial charge in [-0.25, -0.2) is 0 Å². The molecule has 0 spiro atoms. The van der Waals surface area contributed by atoms with Gasteiger partial charge in [0.15, 0.2) is 0 Å². The zero-order valence-electron chi connectivity index (χ0n) is 10.6. The average molecular weight is 305 g/mol. The van der Waals surface area contributed by atoms with Crippen LogP contribution in [0.1, 0.15) is 24.1 Å². The molecule has 0 aromatic heterocycles. The molecule has 0 aliphatic heterocycles. The molecule has 2 aromatic rings. The van der Waals surface area contributed by atoms with E-state index in [1.54, 1.807) is 0 Å². The molecule has 0 heterocycles. The fourth-order valence-corrected chi connectivity index (χ4v) is 2.32. The highest BCUT2D eigenvalue weighted by atomic mass is 79.9. The van der Waals surface area contributed by atoms with Crippen LogP contribution in [0.4, 0.5) is 11.4 Å². The molecule has 0 fully saturated rings. The Morgan fingerprint density at radius 3 is 2.61 bits per heavy atom. The summed E-state index contributed by atoms with van der Waals surface area (Å²) in [6.07, 6.45) is 0. The van der Waals surface area contributed by atoms with Gasteiger partial charge in [-0.15, -0.1) is 0 Å². The van der Waals surface area contributed by atoms with E-state index in [4.69, 9.17) is 5.73 Å². The first-order valence-corrected chi connectivity index (χ1v) is 6.73. The second kappa shape index (κ2) is 5.44. The summed E-state index contributed by atoms with van der Waals surface area (Å²) >= 11 is 3.49. The van der Waals surface area contributed by atoms with Gasteiger partial charge in [-0.05, 0) is 49.2 Å². The van der Waals surface area contributed by atoms with Gasteiger partial charge in [0.05, 0.1) is 11.4 Å². The third-order valence-electron chi connectivity index (χ3n) is 2.93. The third kappa shape index (κ3) is 3.05. The summed E-state index contributed by atoms with van der Waals surface area (Å²) < 4.78 is 1.09. The second-order valence-corrected chi connectivity index (χ2v) is 5.43. The molecule has 2 nitrogen and oxygen atoms in total. The molecule has 0 saturated carbocycles. The maximum Gasteiger partial charge on any atom is 0.0578 e. The number of rotatable bonds is 3. The number of anilines is 2. The van der Waals surface area contributed by atoms with Crippen LogP contribution in [-0.2, 0) is 0 Å². The van der Waals surface area contributed by atoms with Gasteiger partial charge in [0.1, 0.15) is 0 Å². The first kappa shape index (κ1) is 13.0. The van der Waals surface area contributed by atoms with Gasteiger partial charge < -0.3 is 11.1 Å². The van der Waals surface area contributed by atoms with Crippen LogP contribution in [0, 0.1) is 6.92 Å². The fraction of sp³-hybridized carbons (Fsp3) is 0.200. The molecule has 1 unspecified atom stereocenters. The van der Waals surface area contributed by atoms with E-state index in [2.05, 4.69) is 46.4 Å². The highest BCUT2D eigenvalue weighted by molar-refractivity contribution is 9.10. The molecule has 0 aliphatic rings. The predicted molar refractivity (Wildman–Crippen MR) is 81.8 cm³/mol. The molecule has 3 heteroatoms. The zero-order chi connectivity index (χ0) is 13.1. The molecule has 0 bridgehead atoms. The maximum atomic E-state index is 6.01. The topological polar surface area (TPSA) is 38.0 Å². The summed E-state index contributed by atoms with van der Waals surface area (Å²) in [5.41, 5.74) is 10.2. The van der Waals surface area contributed by atoms with Crippen molar-refractivity contribution >= 4 is 27.3 Å². The predicted octanol–water partition coefficient (Wildman–Crippen LogP) is 4.51. The summed E-state index contributed by atoms with van der Waals surface area (Å²) in [5.74, 6) is 0. The molecule has 18 heavy (non-hydrogen) atoms. The lowest BCUT2D eigenvalue weighted by molar-refractivity contribution is 0.884. The number of nitrogens with two attached hydrogens (primary N) is 1. The Kier molecular flexibility index (Phi) is 3.92. The normalized spacial score (nSPS) is 12.2. The summed E-state index contributed by atoms with van der Waals surface area (Å²) in [4.78, 5) is 0. The molecule has 2 rings (SSSR count). The average Bonchev–Trinajstić information content (AvgIpc) is 2.32. The van der Waals surface area contributed by atoms with Gasteiger partial charge in [0, 0.05) is 10.5 Å². The first-order valence-electron chi connectivity index (χ1n) is 5.94. The van der Waals surface area contributed by atoms with Crippen LogP contribution in [0.5, 0.6) is 0 Å². The highest BCUT2D eigenvalue weighted by Crippen LogP contribution is 2.26.